The van der Waals surface area contributed by atoms with Crippen LogP contribution in [0, 0.1) is 13.8 Å². The van der Waals surface area contributed by atoms with Crippen molar-refractivity contribution in [2.75, 3.05) is 59.2 Å². The van der Waals surface area contributed by atoms with Crippen molar-refractivity contribution >= 4 is 23.4 Å². The summed E-state index contributed by atoms with van der Waals surface area (Å²) in [6.07, 6.45) is 0.0992. The molecule has 0 aliphatic carbocycles. The molecule has 2 aliphatic heterocycles. The number of rotatable bonds is 8. The molecule has 2 aromatic carbocycles. The van der Waals surface area contributed by atoms with Crippen molar-refractivity contribution in [3.05, 3.63) is 58.6 Å². The minimum Gasteiger partial charge on any atom is -0.490 e. The summed E-state index contributed by atoms with van der Waals surface area (Å²) in [5.74, 6) is 1.10. The minimum absolute atomic E-state index is 0.0420. The van der Waals surface area contributed by atoms with Crippen LogP contribution in [-0.4, -0.2) is 86.4 Å². The molecular weight excluding hydrogens is 484 g/mol. The van der Waals surface area contributed by atoms with E-state index in [0.717, 1.165) is 11.1 Å². The summed E-state index contributed by atoms with van der Waals surface area (Å²) < 4.78 is 23.5. The van der Waals surface area contributed by atoms with Crippen LogP contribution < -0.4 is 9.47 Å². The second-order valence-electron chi connectivity index (χ2n) is 9.27. The highest BCUT2D eigenvalue weighted by Crippen LogP contribution is 2.28. The number of aryl methyl sites for hydroxylation is 2. The van der Waals surface area contributed by atoms with Crippen LogP contribution in [0.2, 0.25) is 5.02 Å². The first-order valence-electron chi connectivity index (χ1n) is 12.2. The molecule has 194 valence electrons. The number of hydrogen-bond donors (Lipinski definition) is 0. The van der Waals surface area contributed by atoms with E-state index in [1.54, 1.807) is 21.9 Å². The zero-order chi connectivity index (χ0) is 25.5. The van der Waals surface area contributed by atoms with Crippen molar-refractivity contribution in [2.45, 2.75) is 25.9 Å². The Morgan fingerprint density at radius 3 is 2.44 bits per heavy atom. The number of carbonyl (C=O) groups is 2. The number of halogens is 1. The summed E-state index contributed by atoms with van der Waals surface area (Å²) in [4.78, 5) is 29.8. The molecule has 0 radical (unpaired) electrons. The Bertz CT molecular complexity index is 1070. The molecule has 1 atom stereocenters. The second-order valence-corrected chi connectivity index (χ2v) is 9.68. The highest BCUT2D eigenvalue weighted by Gasteiger charge is 2.42. The molecule has 9 heteroatoms. The highest BCUT2D eigenvalue weighted by molar-refractivity contribution is 6.31. The molecule has 4 rings (SSSR count). The molecule has 1 unspecified atom stereocenters. The fraction of sp³-hybridized carbons (Fsp3) is 0.481. The molecule has 0 aromatic heterocycles. The normalized spacial score (nSPS) is 20.2. The summed E-state index contributed by atoms with van der Waals surface area (Å²) >= 11 is 6.15. The molecule has 2 amide bonds. The van der Waals surface area contributed by atoms with Crippen molar-refractivity contribution < 1.29 is 28.5 Å². The second kappa shape index (κ2) is 12.0. The lowest BCUT2D eigenvalue weighted by molar-refractivity contribution is -0.168. The highest BCUT2D eigenvalue weighted by atomic mass is 35.5. The van der Waals surface area contributed by atoms with E-state index in [0.29, 0.717) is 56.0 Å². The first kappa shape index (κ1) is 26.3. The predicted octanol–water partition coefficient (Wildman–Crippen LogP) is 3.26. The molecule has 0 spiro atoms. The van der Waals surface area contributed by atoms with E-state index in [2.05, 4.69) is 0 Å². The van der Waals surface area contributed by atoms with Crippen molar-refractivity contribution in [3.8, 4) is 11.5 Å². The molecule has 2 aromatic rings. The number of morpholine rings is 2. The molecule has 2 heterocycles. The summed E-state index contributed by atoms with van der Waals surface area (Å²) in [6, 6.07) is 13.0. The van der Waals surface area contributed by atoms with E-state index in [1.807, 2.05) is 44.2 Å². The zero-order valence-corrected chi connectivity index (χ0v) is 21.6. The molecule has 2 saturated heterocycles. The Balaban J connectivity index is 1.46. The molecule has 2 aliphatic rings. The predicted molar refractivity (Wildman–Crippen MR) is 136 cm³/mol. The van der Waals surface area contributed by atoms with Crippen molar-refractivity contribution in [2.24, 2.45) is 0 Å². The molecule has 0 saturated carbocycles. The summed E-state index contributed by atoms with van der Waals surface area (Å²) in [6.45, 7) is 6.93. The van der Waals surface area contributed by atoms with E-state index in [4.69, 9.17) is 30.5 Å². The molecule has 0 N–H and O–H groups in total. The average molecular weight is 517 g/mol. The van der Waals surface area contributed by atoms with Crippen LogP contribution in [0.3, 0.4) is 0 Å². The lowest BCUT2D eigenvalue weighted by Gasteiger charge is -2.43. The molecular formula is C27H33ClN2O6. The maximum Gasteiger partial charge on any atom is 0.260 e. The zero-order valence-electron chi connectivity index (χ0n) is 20.8. The maximum absolute atomic E-state index is 13.2. The van der Waals surface area contributed by atoms with E-state index in [1.165, 1.54) is 0 Å². The number of ether oxygens (including phenoxy) is 4. The van der Waals surface area contributed by atoms with Gasteiger partial charge in [-0.15, -0.1) is 0 Å². The van der Waals surface area contributed by atoms with Gasteiger partial charge in [-0.25, -0.2) is 0 Å². The van der Waals surface area contributed by atoms with E-state index >= 15 is 0 Å². The van der Waals surface area contributed by atoms with Gasteiger partial charge in [0.25, 0.3) is 5.91 Å². The van der Waals surface area contributed by atoms with Crippen LogP contribution in [0.4, 0.5) is 0 Å². The van der Waals surface area contributed by atoms with E-state index < -0.39 is 5.60 Å². The van der Waals surface area contributed by atoms with Gasteiger partial charge < -0.3 is 28.7 Å². The lowest BCUT2D eigenvalue weighted by atomic mass is 9.96. The van der Waals surface area contributed by atoms with Crippen LogP contribution in [0.5, 0.6) is 11.5 Å². The van der Waals surface area contributed by atoms with Crippen LogP contribution >= 0.6 is 11.6 Å². The van der Waals surface area contributed by atoms with Gasteiger partial charge in [-0.3, -0.25) is 9.59 Å². The summed E-state index contributed by atoms with van der Waals surface area (Å²) in [7, 11) is 0. The SMILES string of the molecule is Cc1cc(OCC2(CC(=O)N3CCOCC3)CN(C(=O)COc3ccccc3C)CCO2)ccc1Cl. The lowest BCUT2D eigenvalue weighted by Crippen LogP contribution is -2.59. The molecule has 36 heavy (non-hydrogen) atoms. The average Bonchev–Trinajstić information content (AvgIpc) is 2.89. The van der Waals surface area contributed by atoms with Crippen molar-refractivity contribution in [1.29, 1.82) is 0 Å². The van der Waals surface area contributed by atoms with Gasteiger partial charge >= 0.3 is 0 Å². The number of benzene rings is 2. The smallest absolute Gasteiger partial charge is 0.260 e. The van der Waals surface area contributed by atoms with E-state index in [9.17, 15) is 9.59 Å². The molecule has 0 bridgehead atoms. The fourth-order valence-corrected chi connectivity index (χ4v) is 4.49. The summed E-state index contributed by atoms with van der Waals surface area (Å²) in [5.41, 5.74) is 0.867. The van der Waals surface area contributed by atoms with Gasteiger partial charge in [-0.05, 0) is 49.2 Å². The third kappa shape index (κ3) is 6.69. The van der Waals surface area contributed by atoms with Crippen LogP contribution in [-0.2, 0) is 19.1 Å². The summed E-state index contributed by atoms with van der Waals surface area (Å²) in [5, 5.41) is 0.652. The van der Waals surface area contributed by atoms with Crippen LogP contribution in [0.1, 0.15) is 17.5 Å². The quantitative estimate of drug-likeness (QED) is 0.536. The number of hydrogen-bond acceptors (Lipinski definition) is 6. The molecule has 8 nitrogen and oxygen atoms in total. The Morgan fingerprint density at radius 2 is 1.69 bits per heavy atom. The van der Waals surface area contributed by atoms with Crippen molar-refractivity contribution in [1.82, 2.24) is 9.80 Å². The van der Waals surface area contributed by atoms with Crippen LogP contribution in [0.15, 0.2) is 42.5 Å². The van der Waals surface area contributed by atoms with Gasteiger partial charge in [0.1, 0.15) is 23.7 Å². The number of nitrogens with zero attached hydrogens (tertiary/aromatic N) is 2. The van der Waals surface area contributed by atoms with Gasteiger partial charge in [-0.2, -0.15) is 0 Å². The molecule has 2 fully saturated rings. The Hall–Kier alpha value is -2.81. The first-order valence-corrected chi connectivity index (χ1v) is 12.6. The van der Waals surface area contributed by atoms with Gasteiger partial charge in [0.2, 0.25) is 5.91 Å². The number of carbonyl (C=O) groups excluding carboxylic acids is 2. The Labute approximate surface area is 217 Å². The van der Waals surface area contributed by atoms with Gasteiger partial charge in [0.15, 0.2) is 6.61 Å². The topological polar surface area (TPSA) is 77.5 Å². The number of amides is 2. The third-order valence-electron chi connectivity index (χ3n) is 6.51. The van der Waals surface area contributed by atoms with Crippen molar-refractivity contribution in [3.63, 3.8) is 0 Å². The van der Waals surface area contributed by atoms with Gasteiger partial charge in [0.05, 0.1) is 32.8 Å². The number of para-hydroxylation sites is 1. The third-order valence-corrected chi connectivity index (χ3v) is 6.94. The largest absolute Gasteiger partial charge is 0.490 e. The maximum atomic E-state index is 13.2. The minimum atomic E-state index is -0.987. The van der Waals surface area contributed by atoms with E-state index in [-0.39, 0.29) is 38.0 Å². The monoisotopic (exact) mass is 516 g/mol. The van der Waals surface area contributed by atoms with Gasteiger partial charge in [-0.1, -0.05) is 29.8 Å². The first-order chi connectivity index (χ1) is 17.3. The fourth-order valence-electron chi connectivity index (χ4n) is 4.37. The Kier molecular flexibility index (Phi) is 8.72. The Morgan fingerprint density at radius 1 is 0.944 bits per heavy atom. The van der Waals surface area contributed by atoms with Crippen LogP contribution in [0.25, 0.3) is 0 Å². The van der Waals surface area contributed by atoms with Gasteiger partial charge in [0, 0.05) is 24.7 Å². The standard InChI is InChI=1S/C27H33ClN2O6/c1-20-5-3-4-6-24(20)34-17-26(32)30-11-14-36-27(18-30,16-25(31)29-9-12-33-13-10-29)19-35-22-7-8-23(28)21(2)15-22/h3-8,15H,9-14,16-19H2,1-2H3.